The Kier molecular flexibility index (Phi) is 4.39. The molecule has 1 saturated heterocycles. The molecule has 5 rings (SSSR count). The van der Waals surface area contributed by atoms with Crippen LogP contribution in [0.2, 0.25) is 0 Å². The molecule has 8 heteroatoms. The van der Waals surface area contributed by atoms with Gasteiger partial charge in [0.25, 0.3) is 5.56 Å². The van der Waals surface area contributed by atoms with Crippen molar-refractivity contribution in [1.29, 1.82) is 0 Å². The third-order valence-electron chi connectivity index (χ3n) is 5.83. The first kappa shape index (κ1) is 18.9. The molecule has 4 aromatic heterocycles. The van der Waals surface area contributed by atoms with Gasteiger partial charge in [0.1, 0.15) is 5.69 Å². The van der Waals surface area contributed by atoms with Gasteiger partial charge >= 0.3 is 0 Å². The predicted molar refractivity (Wildman–Crippen MR) is 116 cm³/mol. The Hall–Kier alpha value is -3.13. The maximum Gasteiger partial charge on any atom is 0.276 e. The Bertz CT molecular complexity index is 1310. The van der Waals surface area contributed by atoms with Crippen molar-refractivity contribution in [3.8, 4) is 11.4 Å². The van der Waals surface area contributed by atoms with Crippen LogP contribution >= 0.6 is 0 Å². The lowest BCUT2D eigenvalue weighted by Gasteiger charge is -2.33. The van der Waals surface area contributed by atoms with Crippen LogP contribution < -0.4 is 10.9 Å². The maximum atomic E-state index is 13.1. The smallest absolute Gasteiger partial charge is 0.276 e. The number of rotatable bonds is 2. The minimum Gasteiger partial charge on any atom is -0.312 e. The Morgan fingerprint density at radius 1 is 1.07 bits per heavy atom. The number of aromatic nitrogens is 6. The molecular weight excluding hydrogens is 378 g/mol. The largest absolute Gasteiger partial charge is 0.312 e. The molecule has 0 spiro atoms. The van der Waals surface area contributed by atoms with Crippen LogP contribution in [0.15, 0.2) is 35.4 Å². The number of piperidine rings is 1. The first-order chi connectivity index (χ1) is 14.4. The molecule has 1 aliphatic rings. The molecule has 0 aromatic carbocycles. The third-order valence-corrected chi connectivity index (χ3v) is 5.83. The van der Waals surface area contributed by atoms with Crippen molar-refractivity contribution in [3.63, 3.8) is 0 Å². The number of aryl methyl sites for hydroxylation is 2. The van der Waals surface area contributed by atoms with E-state index in [0.717, 1.165) is 35.4 Å². The number of nitrogens with one attached hydrogen (secondary N) is 1. The zero-order valence-electron chi connectivity index (χ0n) is 17.6. The lowest BCUT2D eigenvalue weighted by atomic mass is 9.95. The minimum absolute atomic E-state index is 0.0809. The Morgan fingerprint density at radius 2 is 1.83 bits per heavy atom. The summed E-state index contributed by atoms with van der Waals surface area (Å²) in [7, 11) is 0. The zero-order valence-corrected chi connectivity index (χ0v) is 17.6. The van der Waals surface area contributed by atoms with Gasteiger partial charge in [-0.3, -0.25) is 4.79 Å². The lowest BCUT2D eigenvalue weighted by Crippen LogP contribution is -2.45. The van der Waals surface area contributed by atoms with E-state index in [1.54, 1.807) is 15.4 Å². The van der Waals surface area contributed by atoms with Crippen LogP contribution in [0, 0.1) is 13.8 Å². The first-order valence-electron chi connectivity index (χ1n) is 10.4. The van der Waals surface area contributed by atoms with Crippen LogP contribution in [0.1, 0.15) is 44.0 Å². The molecular formula is C22H25N7O. The van der Waals surface area contributed by atoms with E-state index < -0.39 is 0 Å². The summed E-state index contributed by atoms with van der Waals surface area (Å²) in [5.74, 6) is 0. The van der Waals surface area contributed by atoms with Gasteiger partial charge in [-0.15, -0.1) is 0 Å². The molecule has 1 fully saturated rings. The van der Waals surface area contributed by atoms with Crippen LogP contribution in [-0.4, -0.2) is 41.4 Å². The van der Waals surface area contributed by atoms with Crippen molar-refractivity contribution in [3.05, 3.63) is 52.2 Å². The number of fused-ring (bicyclic) bond motifs is 2. The minimum atomic E-state index is -0.0809. The van der Waals surface area contributed by atoms with Crippen molar-refractivity contribution in [2.75, 3.05) is 0 Å². The molecule has 1 N–H and O–H groups in total. The standard InChI is InChI=1S/C22H25N7O/c1-12-7-19(27-28-11-15(4)25-21(12)28)18-6-5-17-20(26-18)10-23-29(22(17)30)16-8-13(2)24-14(3)9-16/h5-7,10-11,13-14,16,24H,8-9H2,1-4H3/t13-,14+,16-. The molecule has 30 heavy (non-hydrogen) atoms. The maximum absolute atomic E-state index is 13.1. The van der Waals surface area contributed by atoms with Gasteiger partial charge in [0, 0.05) is 12.1 Å². The zero-order chi connectivity index (χ0) is 21.0. The van der Waals surface area contributed by atoms with Gasteiger partial charge in [-0.25, -0.2) is 19.2 Å². The predicted octanol–water partition coefficient (Wildman–Crippen LogP) is 2.82. The topological polar surface area (TPSA) is 90.0 Å². The fourth-order valence-corrected chi connectivity index (χ4v) is 4.55. The van der Waals surface area contributed by atoms with Crippen LogP contribution in [0.3, 0.4) is 0 Å². The first-order valence-corrected chi connectivity index (χ1v) is 10.4. The fourth-order valence-electron chi connectivity index (χ4n) is 4.55. The Labute approximate surface area is 174 Å². The van der Waals surface area contributed by atoms with Crippen molar-refractivity contribution >= 4 is 16.6 Å². The van der Waals surface area contributed by atoms with Crippen molar-refractivity contribution in [2.45, 2.75) is 58.7 Å². The molecule has 0 amide bonds. The van der Waals surface area contributed by atoms with E-state index in [1.165, 1.54) is 0 Å². The summed E-state index contributed by atoms with van der Waals surface area (Å²) in [4.78, 5) is 22.3. The highest BCUT2D eigenvalue weighted by molar-refractivity contribution is 5.79. The highest BCUT2D eigenvalue weighted by Gasteiger charge is 2.26. The molecule has 0 radical (unpaired) electrons. The van der Waals surface area contributed by atoms with Crippen LogP contribution in [-0.2, 0) is 0 Å². The van der Waals surface area contributed by atoms with Gasteiger partial charge < -0.3 is 5.32 Å². The number of imidazole rings is 1. The summed E-state index contributed by atoms with van der Waals surface area (Å²) >= 11 is 0. The van der Waals surface area contributed by atoms with E-state index in [-0.39, 0.29) is 11.6 Å². The van der Waals surface area contributed by atoms with E-state index in [4.69, 9.17) is 4.98 Å². The quantitative estimate of drug-likeness (QED) is 0.554. The molecule has 0 unspecified atom stereocenters. The molecule has 4 aromatic rings. The van der Waals surface area contributed by atoms with Gasteiger partial charge in [-0.2, -0.15) is 10.2 Å². The molecule has 0 aliphatic carbocycles. The number of hydrogen-bond acceptors (Lipinski definition) is 6. The molecule has 5 heterocycles. The molecule has 154 valence electrons. The summed E-state index contributed by atoms with van der Waals surface area (Å²) in [6.07, 6.45) is 5.38. The van der Waals surface area contributed by atoms with Gasteiger partial charge in [0.15, 0.2) is 5.65 Å². The van der Waals surface area contributed by atoms with E-state index in [9.17, 15) is 4.79 Å². The Balaban J connectivity index is 1.57. The summed E-state index contributed by atoms with van der Waals surface area (Å²) in [5, 5.41) is 13.2. The highest BCUT2D eigenvalue weighted by Crippen LogP contribution is 2.24. The average Bonchev–Trinajstić information content (AvgIpc) is 3.08. The van der Waals surface area contributed by atoms with E-state index in [0.29, 0.717) is 28.7 Å². The molecule has 8 nitrogen and oxygen atoms in total. The van der Waals surface area contributed by atoms with E-state index in [2.05, 4.69) is 34.3 Å². The van der Waals surface area contributed by atoms with Crippen molar-refractivity contribution < 1.29 is 0 Å². The second kappa shape index (κ2) is 6.98. The van der Waals surface area contributed by atoms with Gasteiger partial charge in [0.05, 0.1) is 40.7 Å². The second-order valence-corrected chi connectivity index (χ2v) is 8.48. The fraction of sp³-hybridized carbons (Fsp3) is 0.409. The lowest BCUT2D eigenvalue weighted by molar-refractivity contribution is 0.244. The molecule has 1 aliphatic heterocycles. The molecule has 0 bridgehead atoms. The third kappa shape index (κ3) is 3.17. The van der Waals surface area contributed by atoms with Crippen LogP contribution in [0.5, 0.6) is 0 Å². The highest BCUT2D eigenvalue weighted by atomic mass is 16.1. The van der Waals surface area contributed by atoms with Crippen LogP contribution in [0.4, 0.5) is 0 Å². The average molecular weight is 403 g/mol. The SMILES string of the molecule is Cc1cn2nc(-c3ccc4c(=O)n([C@@H]5C[C@@H](C)N[C@@H](C)C5)ncc4n3)cc(C)c2n1. The van der Waals surface area contributed by atoms with Gasteiger partial charge in [-0.05, 0) is 64.3 Å². The number of nitrogens with zero attached hydrogens (tertiary/aromatic N) is 6. The van der Waals surface area contributed by atoms with Crippen molar-refractivity contribution in [2.24, 2.45) is 0 Å². The van der Waals surface area contributed by atoms with Gasteiger partial charge in [0.2, 0.25) is 0 Å². The monoisotopic (exact) mass is 403 g/mol. The van der Waals surface area contributed by atoms with Crippen molar-refractivity contribution in [1.82, 2.24) is 34.7 Å². The summed E-state index contributed by atoms with van der Waals surface area (Å²) < 4.78 is 3.42. The summed E-state index contributed by atoms with van der Waals surface area (Å²) in [6, 6.07) is 6.50. The molecule has 3 atom stereocenters. The second-order valence-electron chi connectivity index (χ2n) is 8.48. The van der Waals surface area contributed by atoms with E-state index >= 15 is 0 Å². The van der Waals surface area contributed by atoms with Crippen LogP contribution in [0.25, 0.3) is 27.9 Å². The normalized spacial score (nSPS) is 22.1. The Morgan fingerprint density at radius 3 is 2.60 bits per heavy atom. The summed E-state index contributed by atoms with van der Waals surface area (Å²) in [5.41, 5.74) is 4.74. The molecule has 0 saturated carbocycles. The number of pyridine rings is 1. The van der Waals surface area contributed by atoms with E-state index in [1.807, 2.05) is 38.2 Å². The van der Waals surface area contributed by atoms with Gasteiger partial charge in [-0.1, -0.05) is 0 Å². The number of hydrogen-bond donors (Lipinski definition) is 1. The summed E-state index contributed by atoms with van der Waals surface area (Å²) in [6.45, 7) is 8.25.